The molecule has 1 aromatic rings. The van der Waals surface area contributed by atoms with E-state index in [1.807, 2.05) is 0 Å². The van der Waals surface area contributed by atoms with Crippen molar-refractivity contribution < 1.29 is 4.39 Å². The first-order valence-corrected chi connectivity index (χ1v) is 6.95. The maximum absolute atomic E-state index is 12.5. The van der Waals surface area contributed by atoms with E-state index < -0.39 is 0 Å². The number of likely N-dealkylation sites (tertiary alicyclic amines) is 1. The van der Waals surface area contributed by atoms with Crippen molar-refractivity contribution in [1.82, 2.24) is 9.88 Å². The Morgan fingerprint density at radius 1 is 1.44 bits per heavy atom. The van der Waals surface area contributed by atoms with Crippen LogP contribution in [0.4, 0.5) is 4.39 Å². The molecule has 0 radical (unpaired) electrons. The lowest BCUT2D eigenvalue weighted by Crippen LogP contribution is -2.20. The van der Waals surface area contributed by atoms with E-state index in [4.69, 9.17) is 0 Å². The molecule has 1 aliphatic heterocycles. The number of rotatable bonds is 4. The van der Waals surface area contributed by atoms with E-state index in [0.717, 1.165) is 32.0 Å². The highest BCUT2D eigenvalue weighted by Gasteiger charge is 2.27. The van der Waals surface area contributed by atoms with Gasteiger partial charge >= 0.3 is 0 Å². The van der Waals surface area contributed by atoms with Crippen molar-refractivity contribution in [3.05, 3.63) is 16.1 Å². The minimum Gasteiger partial charge on any atom is -0.297 e. The molecule has 1 saturated carbocycles. The first kappa shape index (κ1) is 10.7. The standard InChI is InChI=1S/C12H17FN2S/c13-5-9-3-4-15(6-9)7-11-8-16-12(14-11)10-1-2-10/h8-10H,1-7H2. The number of thiazole rings is 1. The van der Waals surface area contributed by atoms with Gasteiger partial charge in [-0.3, -0.25) is 9.29 Å². The third-order valence-electron chi connectivity index (χ3n) is 3.47. The Morgan fingerprint density at radius 3 is 3.00 bits per heavy atom. The van der Waals surface area contributed by atoms with Crippen LogP contribution in [-0.4, -0.2) is 29.6 Å². The number of hydrogen-bond acceptors (Lipinski definition) is 3. The SMILES string of the molecule is FCC1CCN(Cc2csc(C3CC3)n2)C1. The maximum atomic E-state index is 12.5. The lowest BCUT2D eigenvalue weighted by Gasteiger charge is -2.13. The molecule has 0 aromatic carbocycles. The first-order valence-electron chi connectivity index (χ1n) is 6.08. The van der Waals surface area contributed by atoms with E-state index in [2.05, 4.69) is 15.3 Å². The molecule has 0 spiro atoms. The largest absolute Gasteiger partial charge is 0.297 e. The molecule has 1 aromatic heterocycles. The van der Waals surface area contributed by atoms with E-state index in [-0.39, 0.29) is 12.6 Å². The Labute approximate surface area is 99.5 Å². The molecule has 0 amide bonds. The molecule has 16 heavy (non-hydrogen) atoms. The van der Waals surface area contributed by atoms with Gasteiger partial charge < -0.3 is 0 Å². The highest BCUT2D eigenvalue weighted by Crippen LogP contribution is 2.41. The molecular weight excluding hydrogens is 223 g/mol. The monoisotopic (exact) mass is 240 g/mol. The average Bonchev–Trinajstić information content (AvgIpc) is 2.88. The number of halogens is 1. The average molecular weight is 240 g/mol. The normalized spacial score (nSPS) is 26.4. The van der Waals surface area contributed by atoms with Crippen molar-refractivity contribution in [2.45, 2.75) is 31.7 Å². The van der Waals surface area contributed by atoms with Gasteiger partial charge in [0.2, 0.25) is 0 Å². The quantitative estimate of drug-likeness (QED) is 0.804. The Kier molecular flexibility index (Phi) is 2.94. The van der Waals surface area contributed by atoms with E-state index in [1.165, 1.54) is 23.5 Å². The molecule has 1 unspecified atom stereocenters. The zero-order valence-electron chi connectivity index (χ0n) is 9.36. The molecule has 0 bridgehead atoms. The Bertz CT molecular complexity index is 362. The van der Waals surface area contributed by atoms with Crippen LogP contribution in [0.15, 0.2) is 5.38 Å². The first-order chi connectivity index (χ1) is 7.85. The predicted octanol–water partition coefficient (Wildman–Crippen LogP) is 2.81. The molecule has 2 heterocycles. The lowest BCUT2D eigenvalue weighted by atomic mass is 10.1. The van der Waals surface area contributed by atoms with E-state index in [1.54, 1.807) is 11.3 Å². The zero-order chi connectivity index (χ0) is 11.0. The second-order valence-corrected chi connectivity index (χ2v) is 5.89. The summed E-state index contributed by atoms with van der Waals surface area (Å²) in [5, 5.41) is 3.49. The molecule has 4 heteroatoms. The van der Waals surface area contributed by atoms with E-state index >= 15 is 0 Å². The van der Waals surface area contributed by atoms with E-state index in [9.17, 15) is 4.39 Å². The summed E-state index contributed by atoms with van der Waals surface area (Å²) in [6.45, 7) is 2.69. The Balaban J connectivity index is 1.57. The topological polar surface area (TPSA) is 16.1 Å². The van der Waals surface area contributed by atoms with Crippen molar-refractivity contribution in [1.29, 1.82) is 0 Å². The maximum Gasteiger partial charge on any atom is 0.0959 e. The van der Waals surface area contributed by atoms with Gasteiger partial charge in [0.25, 0.3) is 0 Å². The number of alkyl halides is 1. The summed E-state index contributed by atoms with van der Waals surface area (Å²) in [7, 11) is 0. The fourth-order valence-corrected chi connectivity index (χ4v) is 3.31. The van der Waals surface area contributed by atoms with Gasteiger partial charge in [0.05, 0.1) is 17.4 Å². The van der Waals surface area contributed by atoms with Gasteiger partial charge in [0.1, 0.15) is 0 Å². The summed E-state index contributed by atoms with van der Waals surface area (Å²) in [6.07, 6.45) is 3.65. The van der Waals surface area contributed by atoms with Crippen LogP contribution in [-0.2, 0) is 6.54 Å². The molecule has 88 valence electrons. The molecule has 1 aliphatic carbocycles. The van der Waals surface area contributed by atoms with Crippen molar-refractivity contribution in [3.8, 4) is 0 Å². The van der Waals surface area contributed by atoms with Crippen LogP contribution in [0.25, 0.3) is 0 Å². The van der Waals surface area contributed by atoms with Crippen LogP contribution in [0.3, 0.4) is 0 Å². The van der Waals surface area contributed by atoms with Gasteiger partial charge in [-0.2, -0.15) is 0 Å². The van der Waals surface area contributed by atoms with E-state index in [0.29, 0.717) is 0 Å². The van der Waals surface area contributed by atoms with Gasteiger partial charge in [0.15, 0.2) is 0 Å². The lowest BCUT2D eigenvalue weighted by molar-refractivity contribution is 0.294. The number of nitrogens with zero attached hydrogens (tertiary/aromatic N) is 2. The van der Waals surface area contributed by atoms with Gasteiger partial charge in [-0.25, -0.2) is 4.98 Å². The fourth-order valence-electron chi connectivity index (χ4n) is 2.32. The zero-order valence-corrected chi connectivity index (χ0v) is 10.2. The van der Waals surface area contributed by atoms with Gasteiger partial charge in [0, 0.05) is 30.3 Å². The Hall–Kier alpha value is -0.480. The predicted molar refractivity (Wildman–Crippen MR) is 63.4 cm³/mol. The molecule has 1 atom stereocenters. The molecule has 0 N–H and O–H groups in total. The summed E-state index contributed by atoms with van der Waals surface area (Å²) in [5.41, 5.74) is 1.19. The van der Waals surface area contributed by atoms with Crippen LogP contribution >= 0.6 is 11.3 Å². The highest BCUT2D eigenvalue weighted by atomic mass is 32.1. The van der Waals surface area contributed by atoms with Gasteiger partial charge in [-0.15, -0.1) is 11.3 Å². The van der Waals surface area contributed by atoms with Crippen LogP contribution in [0, 0.1) is 5.92 Å². The smallest absolute Gasteiger partial charge is 0.0959 e. The molecular formula is C12H17FN2S. The van der Waals surface area contributed by atoms with Gasteiger partial charge in [-0.05, 0) is 25.8 Å². The number of aromatic nitrogens is 1. The van der Waals surface area contributed by atoms with Crippen molar-refractivity contribution >= 4 is 11.3 Å². The summed E-state index contributed by atoms with van der Waals surface area (Å²) < 4.78 is 12.5. The molecule has 2 nitrogen and oxygen atoms in total. The summed E-state index contributed by atoms with van der Waals surface area (Å²) in [5.74, 6) is 1.03. The highest BCUT2D eigenvalue weighted by molar-refractivity contribution is 7.09. The summed E-state index contributed by atoms with van der Waals surface area (Å²) >= 11 is 1.80. The minimum atomic E-state index is -0.166. The van der Waals surface area contributed by atoms with Crippen LogP contribution in [0.1, 0.15) is 35.9 Å². The molecule has 1 saturated heterocycles. The second-order valence-electron chi connectivity index (χ2n) is 5.00. The summed E-state index contributed by atoms with van der Waals surface area (Å²) in [6, 6.07) is 0. The van der Waals surface area contributed by atoms with Crippen molar-refractivity contribution in [3.63, 3.8) is 0 Å². The van der Waals surface area contributed by atoms with Gasteiger partial charge in [-0.1, -0.05) is 0 Å². The third-order valence-corrected chi connectivity index (χ3v) is 4.53. The van der Waals surface area contributed by atoms with Crippen LogP contribution < -0.4 is 0 Å². The fraction of sp³-hybridized carbons (Fsp3) is 0.750. The summed E-state index contributed by atoms with van der Waals surface area (Å²) in [4.78, 5) is 7.00. The molecule has 2 aliphatic rings. The third kappa shape index (κ3) is 2.28. The number of hydrogen-bond donors (Lipinski definition) is 0. The second kappa shape index (κ2) is 4.41. The minimum absolute atomic E-state index is 0.166. The van der Waals surface area contributed by atoms with Crippen molar-refractivity contribution in [2.75, 3.05) is 19.8 Å². The Morgan fingerprint density at radius 2 is 2.31 bits per heavy atom. The van der Waals surface area contributed by atoms with Crippen molar-refractivity contribution in [2.24, 2.45) is 5.92 Å². The molecule has 3 rings (SSSR count). The molecule has 2 fully saturated rings. The van der Waals surface area contributed by atoms with Crippen LogP contribution in [0.5, 0.6) is 0 Å². The van der Waals surface area contributed by atoms with Crippen LogP contribution in [0.2, 0.25) is 0 Å².